The van der Waals surface area contributed by atoms with E-state index >= 15 is 0 Å². The van der Waals surface area contributed by atoms with E-state index < -0.39 is 0 Å². The van der Waals surface area contributed by atoms with Crippen LogP contribution in [0, 0.1) is 6.92 Å². The van der Waals surface area contributed by atoms with E-state index in [1.807, 2.05) is 24.3 Å². The Hall–Kier alpha value is -1.80. The van der Waals surface area contributed by atoms with Gasteiger partial charge in [0, 0.05) is 6.04 Å². The van der Waals surface area contributed by atoms with Crippen molar-refractivity contribution in [2.75, 3.05) is 7.11 Å². The smallest absolute Gasteiger partial charge is 0.118 e. The summed E-state index contributed by atoms with van der Waals surface area (Å²) in [7, 11) is 1.67. The largest absolute Gasteiger partial charge is 0.497 e. The molecular weight excluding hydrogens is 222 g/mol. The number of methoxy groups -OCH3 is 1. The Kier molecular flexibility index (Phi) is 4.00. The predicted molar refractivity (Wildman–Crippen MR) is 74.8 cm³/mol. The van der Waals surface area contributed by atoms with Crippen molar-refractivity contribution in [3.8, 4) is 5.75 Å². The molecule has 0 spiro atoms. The van der Waals surface area contributed by atoms with Gasteiger partial charge >= 0.3 is 0 Å². The second-order valence-corrected chi connectivity index (χ2v) is 4.57. The Labute approximate surface area is 108 Å². The molecular formula is C16H19NO. The van der Waals surface area contributed by atoms with Gasteiger partial charge in [-0.1, -0.05) is 42.0 Å². The van der Waals surface area contributed by atoms with Gasteiger partial charge in [-0.3, -0.25) is 0 Å². The first kappa shape index (κ1) is 12.7. The summed E-state index contributed by atoms with van der Waals surface area (Å²) in [5.41, 5.74) is 9.89. The van der Waals surface area contributed by atoms with Gasteiger partial charge < -0.3 is 10.5 Å². The van der Waals surface area contributed by atoms with Crippen LogP contribution in [0.25, 0.3) is 0 Å². The van der Waals surface area contributed by atoms with Crippen molar-refractivity contribution in [1.29, 1.82) is 0 Å². The summed E-state index contributed by atoms with van der Waals surface area (Å²) in [6.07, 6.45) is 0.854. The Morgan fingerprint density at radius 2 is 1.61 bits per heavy atom. The maximum Gasteiger partial charge on any atom is 0.118 e. The molecule has 2 nitrogen and oxygen atoms in total. The summed E-state index contributed by atoms with van der Waals surface area (Å²) >= 11 is 0. The number of benzene rings is 2. The van der Waals surface area contributed by atoms with Crippen molar-refractivity contribution < 1.29 is 4.74 Å². The molecule has 0 heterocycles. The molecule has 0 fully saturated rings. The van der Waals surface area contributed by atoms with Gasteiger partial charge in [0.1, 0.15) is 5.75 Å². The number of nitrogens with two attached hydrogens (primary N) is 1. The third-order valence-electron chi connectivity index (χ3n) is 3.12. The van der Waals surface area contributed by atoms with Crippen LogP contribution in [-0.2, 0) is 6.42 Å². The van der Waals surface area contributed by atoms with Crippen LogP contribution in [0.2, 0.25) is 0 Å². The van der Waals surface area contributed by atoms with Crippen LogP contribution in [0.15, 0.2) is 48.5 Å². The van der Waals surface area contributed by atoms with E-state index in [1.54, 1.807) is 7.11 Å². The molecule has 2 aromatic carbocycles. The van der Waals surface area contributed by atoms with E-state index in [0.29, 0.717) is 0 Å². The third kappa shape index (κ3) is 3.11. The van der Waals surface area contributed by atoms with Crippen LogP contribution in [0.1, 0.15) is 22.7 Å². The van der Waals surface area contributed by atoms with Crippen LogP contribution in [0.5, 0.6) is 5.75 Å². The number of ether oxygens (including phenoxy) is 1. The molecule has 2 aromatic rings. The van der Waals surface area contributed by atoms with E-state index in [1.165, 1.54) is 11.1 Å². The zero-order valence-electron chi connectivity index (χ0n) is 10.9. The average Bonchev–Trinajstić information content (AvgIpc) is 2.41. The quantitative estimate of drug-likeness (QED) is 0.891. The van der Waals surface area contributed by atoms with Crippen molar-refractivity contribution in [1.82, 2.24) is 0 Å². The Morgan fingerprint density at radius 1 is 1.00 bits per heavy atom. The normalized spacial score (nSPS) is 12.2. The minimum atomic E-state index is 0.0265. The fourth-order valence-corrected chi connectivity index (χ4v) is 1.95. The van der Waals surface area contributed by atoms with Gasteiger partial charge in [-0.15, -0.1) is 0 Å². The molecule has 1 atom stereocenters. The van der Waals surface area contributed by atoms with Crippen molar-refractivity contribution in [2.24, 2.45) is 5.73 Å². The third-order valence-corrected chi connectivity index (χ3v) is 3.12. The van der Waals surface area contributed by atoms with Crippen molar-refractivity contribution in [3.05, 3.63) is 65.2 Å². The van der Waals surface area contributed by atoms with Gasteiger partial charge in [0.05, 0.1) is 7.11 Å². The van der Waals surface area contributed by atoms with E-state index in [9.17, 15) is 0 Å². The Morgan fingerprint density at radius 3 is 2.17 bits per heavy atom. The highest BCUT2D eigenvalue weighted by Gasteiger charge is 2.07. The molecule has 18 heavy (non-hydrogen) atoms. The molecule has 0 saturated heterocycles. The van der Waals surface area contributed by atoms with Gasteiger partial charge in [0.15, 0.2) is 0 Å². The molecule has 0 aliphatic carbocycles. The van der Waals surface area contributed by atoms with Crippen LogP contribution >= 0.6 is 0 Å². The van der Waals surface area contributed by atoms with Gasteiger partial charge in [0.25, 0.3) is 0 Å². The molecule has 0 saturated carbocycles. The summed E-state index contributed by atoms with van der Waals surface area (Å²) in [6.45, 7) is 2.09. The highest BCUT2D eigenvalue weighted by atomic mass is 16.5. The highest BCUT2D eigenvalue weighted by molar-refractivity contribution is 5.30. The maximum absolute atomic E-state index is 6.22. The van der Waals surface area contributed by atoms with Crippen LogP contribution in [0.3, 0.4) is 0 Å². The van der Waals surface area contributed by atoms with Crippen molar-refractivity contribution in [3.63, 3.8) is 0 Å². The monoisotopic (exact) mass is 241 g/mol. The van der Waals surface area contributed by atoms with Gasteiger partial charge in [0.2, 0.25) is 0 Å². The molecule has 0 aliphatic rings. The minimum Gasteiger partial charge on any atom is -0.497 e. The number of rotatable bonds is 4. The topological polar surface area (TPSA) is 35.2 Å². The van der Waals surface area contributed by atoms with E-state index in [0.717, 1.165) is 17.7 Å². The zero-order chi connectivity index (χ0) is 13.0. The first-order valence-electron chi connectivity index (χ1n) is 6.14. The fraction of sp³-hybridized carbons (Fsp3) is 0.250. The number of aryl methyl sites for hydroxylation is 1. The zero-order valence-corrected chi connectivity index (χ0v) is 10.9. The molecule has 0 aromatic heterocycles. The van der Waals surface area contributed by atoms with Crippen LogP contribution in [-0.4, -0.2) is 7.11 Å². The fourth-order valence-electron chi connectivity index (χ4n) is 1.95. The van der Waals surface area contributed by atoms with Gasteiger partial charge in [-0.05, 0) is 36.6 Å². The summed E-state index contributed by atoms with van der Waals surface area (Å²) in [6, 6.07) is 16.5. The lowest BCUT2D eigenvalue weighted by Crippen LogP contribution is -2.13. The average molecular weight is 241 g/mol. The molecule has 0 bridgehead atoms. The molecule has 0 aliphatic heterocycles. The standard InChI is InChI=1S/C16H19NO/c1-12-3-5-13(6-4-12)11-16(17)14-7-9-15(18-2)10-8-14/h3-10,16H,11,17H2,1-2H3. The molecule has 2 N–H and O–H groups in total. The molecule has 94 valence electrons. The molecule has 1 unspecified atom stereocenters. The first-order valence-corrected chi connectivity index (χ1v) is 6.14. The van der Waals surface area contributed by atoms with E-state index in [2.05, 4.69) is 31.2 Å². The summed E-state index contributed by atoms with van der Waals surface area (Å²) < 4.78 is 5.14. The van der Waals surface area contributed by atoms with Crippen molar-refractivity contribution >= 4 is 0 Å². The van der Waals surface area contributed by atoms with Crippen LogP contribution in [0.4, 0.5) is 0 Å². The second-order valence-electron chi connectivity index (χ2n) is 4.57. The lowest BCUT2D eigenvalue weighted by atomic mass is 9.99. The molecule has 0 amide bonds. The van der Waals surface area contributed by atoms with Gasteiger partial charge in [-0.25, -0.2) is 0 Å². The molecule has 2 rings (SSSR count). The Balaban J connectivity index is 2.06. The van der Waals surface area contributed by atoms with Gasteiger partial charge in [-0.2, -0.15) is 0 Å². The maximum atomic E-state index is 6.22. The lowest BCUT2D eigenvalue weighted by Gasteiger charge is -2.13. The lowest BCUT2D eigenvalue weighted by molar-refractivity contribution is 0.414. The number of hydrogen-bond donors (Lipinski definition) is 1. The van der Waals surface area contributed by atoms with E-state index in [4.69, 9.17) is 10.5 Å². The SMILES string of the molecule is COc1ccc(C(N)Cc2ccc(C)cc2)cc1. The molecule has 2 heteroatoms. The Bertz CT molecular complexity index is 488. The molecule has 0 radical (unpaired) electrons. The van der Waals surface area contributed by atoms with Crippen molar-refractivity contribution in [2.45, 2.75) is 19.4 Å². The van der Waals surface area contributed by atoms with Crippen LogP contribution < -0.4 is 10.5 Å². The second kappa shape index (κ2) is 5.69. The summed E-state index contributed by atoms with van der Waals surface area (Å²) in [4.78, 5) is 0. The highest BCUT2D eigenvalue weighted by Crippen LogP contribution is 2.19. The predicted octanol–water partition coefficient (Wildman–Crippen LogP) is 3.25. The number of hydrogen-bond acceptors (Lipinski definition) is 2. The van der Waals surface area contributed by atoms with E-state index in [-0.39, 0.29) is 6.04 Å². The first-order chi connectivity index (χ1) is 8.69. The minimum absolute atomic E-state index is 0.0265. The summed E-state index contributed by atoms with van der Waals surface area (Å²) in [5, 5.41) is 0. The summed E-state index contributed by atoms with van der Waals surface area (Å²) in [5.74, 6) is 0.862.